The summed E-state index contributed by atoms with van der Waals surface area (Å²) in [5, 5.41) is 4.67. The quantitative estimate of drug-likeness (QED) is 0.121. The second-order valence-electron chi connectivity index (χ2n) is 25.0. The molecule has 0 saturated carbocycles. The van der Waals surface area contributed by atoms with Crippen LogP contribution in [0.1, 0.15) is 22.3 Å². The normalized spacial score (nSPS) is 11.5. The van der Waals surface area contributed by atoms with Crippen molar-refractivity contribution in [1.82, 2.24) is 39.0 Å². The molecule has 4 heterocycles. The van der Waals surface area contributed by atoms with Gasteiger partial charge in [-0.3, -0.25) is 0 Å². The van der Waals surface area contributed by atoms with Crippen LogP contribution in [0.3, 0.4) is 0 Å². The third kappa shape index (κ3) is 10.6. The first-order valence-corrected chi connectivity index (χ1v) is 32.6. The van der Waals surface area contributed by atoms with E-state index in [2.05, 4.69) is 267 Å². The Morgan fingerprint density at radius 2 is 0.479 bits per heavy atom. The SMILES string of the molecule is Cc1cc(C)cc(-c2ccc3c(c2)c2ccccc2n3-c2ccc(-c3nc(-c4ccccc4)nc(-c4ccccc4)n3)cc2-c2cccc(-c3cc(-c4nc(-c5ccccc5)nc(-c5ccccc5)n4)ccc3-n3c4ccccc4c4cc(-c5cc(C)cc(C)c5)ccc43)c2)c1. The molecule has 8 nitrogen and oxygen atoms in total. The van der Waals surface area contributed by atoms with Crippen molar-refractivity contribution < 1.29 is 0 Å². The molecule has 0 spiro atoms. The minimum atomic E-state index is 0.566. The molecule has 96 heavy (non-hydrogen) atoms. The van der Waals surface area contributed by atoms with Gasteiger partial charge in [-0.25, -0.2) is 29.9 Å². The van der Waals surface area contributed by atoms with Gasteiger partial charge in [0.15, 0.2) is 34.9 Å². The predicted octanol–water partition coefficient (Wildman–Crippen LogP) is 22.2. The molecule has 13 aromatic carbocycles. The van der Waals surface area contributed by atoms with Gasteiger partial charge in [-0.15, -0.1) is 0 Å². The molecule has 0 amide bonds. The molecule has 8 heteroatoms. The summed E-state index contributed by atoms with van der Waals surface area (Å²) in [6, 6.07) is 108. The Morgan fingerprint density at radius 1 is 0.188 bits per heavy atom. The second kappa shape index (κ2) is 23.9. The molecule has 0 bridgehead atoms. The van der Waals surface area contributed by atoms with Gasteiger partial charge in [0.2, 0.25) is 0 Å². The lowest BCUT2D eigenvalue weighted by Crippen LogP contribution is -2.02. The summed E-state index contributed by atoms with van der Waals surface area (Å²) in [6.45, 7) is 8.69. The first kappa shape index (κ1) is 57.4. The van der Waals surface area contributed by atoms with Crippen LogP contribution in [0.5, 0.6) is 0 Å². The molecule has 0 unspecified atom stereocenters. The largest absolute Gasteiger partial charge is 0.309 e. The summed E-state index contributed by atoms with van der Waals surface area (Å²) < 4.78 is 4.87. The second-order valence-corrected chi connectivity index (χ2v) is 25.0. The van der Waals surface area contributed by atoms with Crippen molar-refractivity contribution in [3.05, 3.63) is 326 Å². The van der Waals surface area contributed by atoms with E-state index in [1.807, 2.05) is 72.8 Å². The molecule has 0 atom stereocenters. The number of benzene rings is 13. The molecule has 0 saturated heterocycles. The summed E-state index contributed by atoms with van der Waals surface area (Å²) in [5.74, 6) is 3.51. The zero-order valence-corrected chi connectivity index (χ0v) is 53.4. The van der Waals surface area contributed by atoms with E-state index in [0.717, 1.165) is 99.8 Å². The van der Waals surface area contributed by atoms with Crippen molar-refractivity contribution in [2.24, 2.45) is 0 Å². The third-order valence-corrected chi connectivity index (χ3v) is 18.3. The smallest absolute Gasteiger partial charge is 0.164 e. The highest BCUT2D eigenvalue weighted by Crippen LogP contribution is 2.44. The summed E-state index contributed by atoms with van der Waals surface area (Å²) in [7, 11) is 0. The number of nitrogens with zero attached hydrogens (tertiary/aromatic N) is 8. The van der Waals surface area contributed by atoms with Crippen molar-refractivity contribution in [2.75, 3.05) is 0 Å². The van der Waals surface area contributed by atoms with E-state index in [1.54, 1.807) is 0 Å². The number of rotatable bonds is 12. The zero-order chi connectivity index (χ0) is 64.4. The van der Waals surface area contributed by atoms with Crippen molar-refractivity contribution in [2.45, 2.75) is 27.7 Å². The Bertz CT molecular complexity index is 5360. The van der Waals surface area contributed by atoms with Crippen LogP contribution in [0.2, 0.25) is 0 Å². The average molecular weight is 1230 g/mol. The molecular weight excluding hydrogens is 1170 g/mol. The molecule has 0 N–H and O–H groups in total. The lowest BCUT2D eigenvalue weighted by Gasteiger charge is -2.19. The highest BCUT2D eigenvalue weighted by Gasteiger charge is 2.24. The lowest BCUT2D eigenvalue weighted by atomic mass is 9.94. The van der Waals surface area contributed by atoms with E-state index in [0.29, 0.717) is 34.9 Å². The topological polar surface area (TPSA) is 87.2 Å². The molecule has 4 aromatic heterocycles. The van der Waals surface area contributed by atoms with Crippen LogP contribution in [0.4, 0.5) is 0 Å². The highest BCUT2D eigenvalue weighted by atomic mass is 15.0. The molecule has 0 fully saturated rings. The van der Waals surface area contributed by atoms with Gasteiger partial charge < -0.3 is 9.13 Å². The Morgan fingerprint density at radius 3 is 0.833 bits per heavy atom. The van der Waals surface area contributed by atoms with Gasteiger partial charge in [0.05, 0.1) is 33.4 Å². The van der Waals surface area contributed by atoms with Crippen LogP contribution in [0.25, 0.3) is 168 Å². The number of aromatic nitrogens is 8. The Labute approximate surface area is 556 Å². The first-order chi connectivity index (χ1) is 47.2. The number of hydrogen-bond donors (Lipinski definition) is 0. The monoisotopic (exact) mass is 1230 g/mol. The molecule has 0 aliphatic carbocycles. The fraction of sp³-hybridized carbons (Fsp3) is 0.0455. The maximum atomic E-state index is 5.30. The standard InChI is InChI=1S/C88H62N8/c1-55-44-56(2)47-69(46-55)63-36-40-81-75(51-63)71-32-17-19-34-77(71)95(81)79-42-38-67(87-91-83(59-22-9-5-10-23-59)89-84(92-87)60-24-11-6-12-25-60)53-73(79)65-30-21-31-66(50-65)74-54-68(88-93-85(61-26-13-7-14-27-61)90-86(94-88)62-28-15-8-16-29-62)39-43-80(74)96-78-35-20-18-33-72(78)76-52-64(37-41-82(76)96)70-48-57(3)45-58(4)49-70/h5-54H,1-4H3. The maximum absolute atomic E-state index is 5.30. The van der Waals surface area contributed by atoms with Gasteiger partial charge >= 0.3 is 0 Å². The van der Waals surface area contributed by atoms with Gasteiger partial charge in [0.25, 0.3) is 0 Å². The van der Waals surface area contributed by atoms with E-state index in [-0.39, 0.29) is 0 Å². The Kier molecular flexibility index (Phi) is 14.3. The van der Waals surface area contributed by atoms with E-state index < -0.39 is 0 Å². The van der Waals surface area contributed by atoms with Gasteiger partial charge in [-0.2, -0.15) is 0 Å². The van der Waals surface area contributed by atoms with Crippen LogP contribution >= 0.6 is 0 Å². The van der Waals surface area contributed by atoms with E-state index in [4.69, 9.17) is 29.9 Å². The maximum Gasteiger partial charge on any atom is 0.164 e. The van der Waals surface area contributed by atoms with Crippen LogP contribution in [0.15, 0.2) is 303 Å². The fourth-order valence-electron chi connectivity index (χ4n) is 14.0. The van der Waals surface area contributed by atoms with Crippen molar-refractivity contribution >= 4 is 43.6 Å². The summed E-state index contributed by atoms with van der Waals surface area (Å²) in [6.07, 6.45) is 0. The van der Waals surface area contributed by atoms with E-state index >= 15 is 0 Å². The molecule has 454 valence electrons. The van der Waals surface area contributed by atoms with Crippen LogP contribution < -0.4 is 0 Å². The van der Waals surface area contributed by atoms with Crippen LogP contribution in [-0.4, -0.2) is 39.0 Å². The molecule has 17 rings (SSSR count). The van der Waals surface area contributed by atoms with Crippen molar-refractivity contribution in [1.29, 1.82) is 0 Å². The predicted molar refractivity (Wildman–Crippen MR) is 395 cm³/mol. The highest BCUT2D eigenvalue weighted by molar-refractivity contribution is 6.12. The van der Waals surface area contributed by atoms with Gasteiger partial charge in [-0.1, -0.05) is 247 Å². The Balaban J connectivity index is 0.917. The van der Waals surface area contributed by atoms with Crippen molar-refractivity contribution in [3.63, 3.8) is 0 Å². The Hall–Kier alpha value is -12.5. The molecule has 17 aromatic rings. The van der Waals surface area contributed by atoms with E-state index in [9.17, 15) is 0 Å². The zero-order valence-electron chi connectivity index (χ0n) is 53.4. The van der Waals surface area contributed by atoms with E-state index in [1.165, 1.54) is 55.3 Å². The molecule has 0 aliphatic rings. The first-order valence-electron chi connectivity index (χ1n) is 32.6. The average Bonchev–Trinajstić information content (AvgIpc) is 1.51. The van der Waals surface area contributed by atoms with Gasteiger partial charge in [-0.05, 0) is 140 Å². The fourth-order valence-corrected chi connectivity index (χ4v) is 14.0. The molecular formula is C88H62N8. The third-order valence-electron chi connectivity index (χ3n) is 18.3. The number of aryl methyl sites for hydroxylation is 4. The summed E-state index contributed by atoms with van der Waals surface area (Å²) in [4.78, 5) is 31.4. The van der Waals surface area contributed by atoms with Gasteiger partial charge in [0, 0.05) is 66.1 Å². The van der Waals surface area contributed by atoms with Crippen LogP contribution in [-0.2, 0) is 0 Å². The lowest BCUT2D eigenvalue weighted by molar-refractivity contribution is 1.07. The minimum Gasteiger partial charge on any atom is -0.309 e. The number of hydrogen-bond acceptors (Lipinski definition) is 6. The van der Waals surface area contributed by atoms with Crippen molar-refractivity contribution in [3.8, 4) is 124 Å². The number of fused-ring (bicyclic) bond motifs is 6. The molecule has 0 radical (unpaired) electrons. The minimum absolute atomic E-state index is 0.566. The van der Waals surface area contributed by atoms with Crippen LogP contribution in [0, 0.1) is 27.7 Å². The number of para-hydroxylation sites is 2. The molecule has 0 aliphatic heterocycles. The summed E-state index contributed by atoms with van der Waals surface area (Å²) >= 11 is 0. The summed E-state index contributed by atoms with van der Waals surface area (Å²) in [5.41, 5.74) is 25.4. The van der Waals surface area contributed by atoms with Gasteiger partial charge in [0.1, 0.15) is 0 Å².